The second-order valence-corrected chi connectivity index (χ2v) is 9.49. The standard InChI is InChI=1S/C22H24N2O5S/c1-15-14-22(25,9-11-29-15)18-4-3-5-19(13-18)30(27,28)20-6-7-21(16(2)24-26)17(12-20)8-10-23/h3-7,12-13,15,25-26H,8-9,11,14H2,1-2H3/b24-16+/t15-,22+/m0/s1. The van der Waals surface area contributed by atoms with E-state index in [2.05, 4.69) is 5.16 Å². The normalized spacial score (nSPS) is 22.5. The van der Waals surface area contributed by atoms with Crippen LogP contribution in [0.2, 0.25) is 0 Å². The van der Waals surface area contributed by atoms with Crippen molar-refractivity contribution in [2.75, 3.05) is 6.61 Å². The molecule has 2 aromatic rings. The predicted octanol–water partition coefficient (Wildman–Crippen LogP) is 3.17. The average molecular weight is 429 g/mol. The fourth-order valence-electron chi connectivity index (χ4n) is 3.79. The Morgan fingerprint density at radius 1 is 1.30 bits per heavy atom. The molecule has 0 aliphatic carbocycles. The third-order valence-corrected chi connectivity index (χ3v) is 7.17. The summed E-state index contributed by atoms with van der Waals surface area (Å²) in [5.41, 5.74) is 0.658. The van der Waals surface area contributed by atoms with Crippen LogP contribution in [0.25, 0.3) is 0 Å². The summed E-state index contributed by atoms with van der Waals surface area (Å²) in [7, 11) is -3.88. The summed E-state index contributed by atoms with van der Waals surface area (Å²) in [5.74, 6) is 0. The van der Waals surface area contributed by atoms with E-state index in [0.29, 0.717) is 41.9 Å². The van der Waals surface area contributed by atoms with Gasteiger partial charge < -0.3 is 15.1 Å². The van der Waals surface area contributed by atoms with Crippen LogP contribution < -0.4 is 0 Å². The highest BCUT2D eigenvalue weighted by molar-refractivity contribution is 7.91. The summed E-state index contributed by atoms with van der Waals surface area (Å²) in [6, 6.07) is 12.7. The largest absolute Gasteiger partial charge is 0.411 e. The van der Waals surface area contributed by atoms with Gasteiger partial charge in [-0.25, -0.2) is 8.42 Å². The number of ether oxygens (including phenoxy) is 1. The van der Waals surface area contributed by atoms with Crippen molar-refractivity contribution in [3.8, 4) is 6.07 Å². The van der Waals surface area contributed by atoms with E-state index >= 15 is 0 Å². The topological polar surface area (TPSA) is 120 Å². The number of rotatable bonds is 5. The molecule has 0 amide bonds. The van der Waals surface area contributed by atoms with Crippen molar-refractivity contribution in [3.05, 3.63) is 59.2 Å². The Morgan fingerprint density at radius 2 is 2.03 bits per heavy atom. The number of oxime groups is 1. The van der Waals surface area contributed by atoms with Crippen LogP contribution in [-0.2, 0) is 26.6 Å². The fourth-order valence-corrected chi connectivity index (χ4v) is 5.15. The van der Waals surface area contributed by atoms with Crippen molar-refractivity contribution in [3.63, 3.8) is 0 Å². The van der Waals surface area contributed by atoms with Crippen LogP contribution in [0.4, 0.5) is 0 Å². The molecule has 8 heteroatoms. The number of sulfone groups is 1. The van der Waals surface area contributed by atoms with Crippen molar-refractivity contribution in [1.82, 2.24) is 0 Å². The van der Waals surface area contributed by atoms with Crippen LogP contribution >= 0.6 is 0 Å². The highest BCUT2D eigenvalue weighted by atomic mass is 32.2. The minimum absolute atomic E-state index is 0.0246. The van der Waals surface area contributed by atoms with E-state index in [0.717, 1.165) is 0 Å². The van der Waals surface area contributed by atoms with Crippen molar-refractivity contribution < 1.29 is 23.5 Å². The molecule has 3 rings (SSSR count). The van der Waals surface area contributed by atoms with Crippen molar-refractivity contribution >= 4 is 15.5 Å². The van der Waals surface area contributed by atoms with E-state index < -0.39 is 15.4 Å². The first-order valence-corrected chi connectivity index (χ1v) is 11.1. The molecule has 0 spiro atoms. The number of nitrogens with zero attached hydrogens (tertiary/aromatic N) is 2. The molecule has 2 atom stereocenters. The monoisotopic (exact) mass is 428 g/mol. The Hall–Kier alpha value is -2.73. The highest BCUT2D eigenvalue weighted by Crippen LogP contribution is 2.36. The zero-order valence-corrected chi connectivity index (χ0v) is 17.7. The smallest absolute Gasteiger partial charge is 0.206 e. The molecule has 158 valence electrons. The number of hydrogen-bond donors (Lipinski definition) is 2. The summed E-state index contributed by atoms with van der Waals surface area (Å²) < 4.78 is 32.1. The molecule has 1 heterocycles. The van der Waals surface area contributed by atoms with Gasteiger partial charge >= 0.3 is 0 Å². The molecule has 0 saturated carbocycles. The Morgan fingerprint density at radius 3 is 2.70 bits per heavy atom. The number of hydrogen-bond acceptors (Lipinski definition) is 7. The lowest BCUT2D eigenvalue weighted by molar-refractivity contribution is -0.101. The van der Waals surface area contributed by atoms with Gasteiger partial charge in [0.15, 0.2) is 0 Å². The Kier molecular flexibility index (Phi) is 6.27. The van der Waals surface area contributed by atoms with Crippen LogP contribution in [0, 0.1) is 11.3 Å². The van der Waals surface area contributed by atoms with Gasteiger partial charge in [-0.1, -0.05) is 23.4 Å². The number of nitriles is 1. The fraction of sp³-hybridized carbons (Fsp3) is 0.364. The molecule has 1 aliphatic heterocycles. The first-order chi connectivity index (χ1) is 14.2. The third kappa shape index (κ3) is 4.24. The first kappa shape index (κ1) is 22.0. The molecule has 0 radical (unpaired) electrons. The molecule has 1 saturated heterocycles. The Bertz CT molecular complexity index is 1120. The summed E-state index contributed by atoms with van der Waals surface area (Å²) in [5, 5.41) is 32.4. The van der Waals surface area contributed by atoms with Crippen LogP contribution in [0.3, 0.4) is 0 Å². The quantitative estimate of drug-likeness (QED) is 0.429. The van der Waals surface area contributed by atoms with Crippen molar-refractivity contribution in [1.29, 1.82) is 5.26 Å². The second kappa shape index (κ2) is 8.56. The van der Waals surface area contributed by atoms with E-state index in [9.17, 15) is 13.5 Å². The van der Waals surface area contributed by atoms with Crippen molar-refractivity contribution in [2.24, 2.45) is 5.16 Å². The maximum atomic E-state index is 13.3. The number of aliphatic hydroxyl groups is 1. The maximum absolute atomic E-state index is 13.3. The SMILES string of the molecule is C/C(=N\O)c1ccc(S(=O)(=O)c2cccc([C@@]3(O)CCO[C@@H](C)C3)c2)cc1CC#N. The lowest BCUT2D eigenvalue weighted by Crippen LogP contribution is -2.37. The summed E-state index contributed by atoms with van der Waals surface area (Å²) in [4.78, 5) is 0.0995. The summed E-state index contributed by atoms with van der Waals surface area (Å²) >= 11 is 0. The first-order valence-electron chi connectivity index (χ1n) is 9.60. The second-order valence-electron chi connectivity index (χ2n) is 7.54. The van der Waals surface area contributed by atoms with E-state index in [1.165, 1.54) is 30.3 Å². The van der Waals surface area contributed by atoms with Gasteiger partial charge in [-0.3, -0.25) is 0 Å². The molecule has 0 aromatic heterocycles. The minimum Gasteiger partial charge on any atom is -0.411 e. The molecular formula is C22H24N2O5S. The zero-order valence-electron chi connectivity index (χ0n) is 16.9. The highest BCUT2D eigenvalue weighted by Gasteiger charge is 2.35. The Labute approximate surface area is 176 Å². The maximum Gasteiger partial charge on any atom is 0.206 e. The zero-order chi connectivity index (χ0) is 21.9. The molecule has 2 aromatic carbocycles. The van der Waals surface area contributed by atoms with E-state index in [-0.39, 0.29) is 22.3 Å². The molecule has 2 N–H and O–H groups in total. The van der Waals surface area contributed by atoms with Gasteiger partial charge in [-0.15, -0.1) is 0 Å². The molecular weight excluding hydrogens is 404 g/mol. The van der Waals surface area contributed by atoms with Gasteiger partial charge in [0.1, 0.15) is 0 Å². The van der Waals surface area contributed by atoms with Gasteiger partial charge in [0.2, 0.25) is 9.84 Å². The third-order valence-electron chi connectivity index (χ3n) is 5.42. The molecule has 0 bridgehead atoms. The summed E-state index contributed by atoms with van der Waals surface area (Å²) in [6.45, 7) is 3.85. The molecule has 30 heavy (non-hydrogen) atoms. The van der Waals surface area contributed by atoms with Gasteiger partial charge in [-0.2, -0.15) is 5.26 Å². The molecule has 1 aliphatic rings. The van der Waals surface area contributed by atoms with E-state index in [1.807, 2.05) is 13.0 Å². The van der Waals surface area contributed by atoms with Crippen LogP contribution in [0.1, 0.15) is 43.4 Å². The van der Waals surface area contributed by atoms with Crippen LogP contribution in [0.15, 0.2) is 57.4 Å². The minimum atomic E-state index is -3.88. The van der Waals surface area contributed by atoms with Gasteiger partial charge in [0.25, 0.3) is 0 Å². The predicted molar refractivity (Wildman–Crippen MR) is 110 cm³/mol. The lowest BCUT2D eigenvalue weighted by Gasteiger charge is -2.36. The van der Waals surface area contributed by atoms with Gasteiger partial charge in [0.05, 0.1) is 46.3 Å². The molecule has 1 fully saturated rings. The van der Waals surface area contributed by atoms with E-state index in [1.54, 1.807) is 19.1 Å². The molecule has 7 nitrogen and oxygen atoms in total. The van der Waals surface area contributed by atoms with Gasteiger partial charge in [-0.05, 0) is 49.2 Å². The molecule has 0 unspecified atom stereocenters. The van der Waals surface area contributed by atoms with Gasteiger partial charge in [0, 0.05) is 18.4 Å². The van der Waals surface area contributed by atoms with Crippen molar-refractivity contribution in [2.45, 2.75) is 54.6 Å². The lowest BCUT2D eigenvalue weighted by atomic mass is 9.84. The number of benzene rings is 2. The average Bonchev–Trinajstić information content (AvgIpc) is 2.73. The van der Waals surface area contributed by atoms with Crippen LogP contribution in [0.5, 0.6) is 0 Å². The van der Waals surface area contributed by atoms with Crippen LogP contribution in [-0.4, -0.2) is 37.2 Å². The Balaban J connectivity index is 2.04. The summed E-state index contributed by atoms with van der Waals surface area (Å²) in [6.07, 6.45) is 0.629. The van der Waals surface area contributed by atoms with E-state index in [4.69, 9.17) is 15.2 Å².